The maximum Gasteiger partial charge on any atom is 0.255 e. The standard InChI is InChI=1S/C24H27N3O4S/c1-2-6-18-15-23(28)26-22-16-19(9-12-21(18)22)25-24(29)17-7-10-20(11-8-17)32(30,31)27-13-4-3-5-14-27/h7-12,15-16H,2-6,13-14H2,1H3,(H,25,29)(H,26,28). The Balaban J connectivity index is 1.52. The van der Waals surface area contributed by atoms with Gasteiger partial charge in [-0.3, -0.25) is 9.59 Å². The molecule has 0 unspecified atom stereocenters. The molecule has 4 rings (SSSR count). The molecule has 1 amide bonds. The quantitative estimate of drug-likeness (QED) is 0.591. The number of rotatable bonds is 6. The highest BCUT2D eigenvalue weighted by Crippen LogP contribution is 2.23. The van der Waals surface area contributed by atoms with Crippen LogP contribution in [0.5, 0.6) is 0 Å². The van der Waals surface area contributed by atoms with Crippen LogP contribution in [0, 0.1) is 0 Å². The average Bonchev–Trinajstić information content (AvgIpc) is 2.79. The Morgan fingerprint density at radius 3 is 2.44 bits per heavy atom. The fourth-order valence-electron chi connectivity index (χ4n) is 4.12. The fraction of sp³-hybridized carbons (Fsp3) is 0.333. The van der Waals surface area contributed by atoms with Crippen LogP contribution >= 0.6 is 0 Å². The maximum absolute atomic E-state index is 12.8. The zero-order valence-corrected chi connectivity index (χ0v) is 18.9. The first-order valence-electron chi connectivity index (χ1n) is 11.0. The molecule has 8 heteroatoms. The van der Waals surface area contributed by atoms with Crippen LogP contribution < -0.4 is 10.9 Å². The molecule has 1 aliphatic heterocycles. The number of pyridine rings is 1. The van der Waals surface area contributed by atoms with Crippen molar-refractivity contribution in [3.05, 3.63) is 70.0 Å². The second-order valence-corrected chi connectivity index (χ2v) is 10.1. The van der Waals surface area contributed by atoms with E-state index in [1.807, 2.05) is 6.07 Å². The van der Waals surface area contributed by atoms with Gasteiger partial charge in [0, 0.05) is 35.8 Å². The van der Waals surface area contributed by atoms with Gasteiger partial charge in [-0.25, -0.2) is 8.42 Å². The number of fused-ring (bicyclic) bond motifs is 1. The predicted octanol–water partition coefficient (Wildman–Crippen LogP) is 3.91. The summed E-state index contributed by atoms with van der Waals surface area (Å²) in [7, 11) is -3.53. The molecular weight excluding hydrogens is 426 g/mol. The first kappa shape index (κ1) is 22.2. The van der Waals surface area contributed by atoms with E-state index in [1.54, 1.807) is 18.2 Å². The van der Waals surface area contributed by atoms with Crippen molar-refractivity contribution in [2.75, 3.05) is 18.4 Å². The van der Waals surface area contributed by atoms with Gasteiger partial charge in [0.1, 0.15) is 0 Å². The Morgan fingerprint density at radius 1 is 1.03 bits per heavy atom. The zero-order chi connectivity index (χ0) is 22.7. The lowest BCUT2D eigenvalue weighted by molar-refractivity contribution is 0.102. The molecule has 2 heterocycles. The van der Waals surface area contributed by atoms with Crippen LogP contribution in [0.2, 0.25) is 0 Å². The highest BCUT2D eigenvalue weighted by Gasteiger charge is 2.26. The molecule has 0 saturated carbocycles. The number of aryl methyl sites for hydroxylation is 1. The molecule has 0 radical (unpaired) electrons. The van der Waals surface area contributed by atoms with Crippen molar-refractivity contribution >= 4 is 32.5 Å². The number of carbonyl (C=O) groups is 1. The van der Waals surface area contributed by atoms with Crippen molar-refractivity contribution in [3.63, 3.8) is 0 Å². The highest BCUT2D eigenvalue weighted by atomic mass is 32.2. The van der Waals surface area contributed by atoms with E-state index in [-0.39, 0.29) is 16.4 Å². The van der Waals surface area contributed by atoms with Crippen molar-refractivity contribution in [2.45, 2.75) is 43.9 Å². The molecule has 0 spiro atoms. The molecule has 1 saturated heterocycles. The topological polar surface area (TPSA) is 99.3 Å². The molecule has 0 aliphatic carbocycles. The molecule has 0 atom stereocenters. The van der Waals surface area contributed by atoms with Crippen molar-refractivity contribution in [1.29, 1.82) is 0 Å². The van der Waals surface area contributed by atoms with Crippen molar-refractivity contribution in [3.8, 4) is 0 Å². The summed E-state index contributed by atoms with van der Waals surface area (Å²) in [6.45, 7) is 3.13. The van der Waals surface area contributed by atoms with Crippen LogP contribution in [-0.2, 0) is 16.4 Å². The normalized spacial score (nSPS) is 15.0. The molecule has 7 nitrogen and oxygen atoms in total. The van der Waals surface area contributed by atoms with E-state index in [2.05, 4.69) is 17.2 Å². The number of H-pyrrole nitrogens is 1. The van der Waals surface area contributed by atoms with E-state index in [1.165, 1.54) is 28.6 Å². The summed E-state index contributed by atoms with van der Waals surface area (Å²) in [5, 5.41) is 3.78. The van der Waals surface area contributed by atoms with Crippen LogP contribution in [0.1, 0.15) is 48.5 Å². The number of aromatic amines is 1. The molecule has 32 heavy (non-hydrogen) atoms. The first-order valence-corrected chi connectivity index (χ1v) is 12.4. The second kappa shape index (κ2) is 9.26. The number of benzene rings is 2. The number of nitrogens with one attached hydrogen (secondary N) is 2. The minimum Gasteiger partial charge on any atom is -0.322 e. The van der Waals surface area contributed by atoms with Gasteiger partial charge in [-0.1, -0.05) is 25.8 Å². The smallest absolute Gasteiger partial charge is 0.255 e. The molecular formula is C24H27N3O4S. The third-order valence-corrected chi connectivity index (χ3v) is 7.69. The van der Waals surface area contributed by atoms with Crippen LogP contribution in [0.3, 0.4) is 0 Å². The largest absolute Gasteiger partial charge is 0.322 e. The van der Waals surface area contributed by atoms with E-state index in [0.29, 0.717) is 29.9 Å². The number of hydrogen-bond donors (Lipinski definition) is 2. The highest BCUT2D eigenvalue weighted by molar-refractivity contribution is 7.89. The number of aromatic nitrogens is 1. The molecule has 1 aliphatic rings. The van der Waals surface area contributed by atoms with Gasteiger partial charge in [0.05, 0.1) is 10.4 Å². The van der Waals surface area contributed by atoms with E-state index >= 15 is 0 Å². The Labute approximate surface area is 187 Å². The van der Waals surface area contributed by atoms with Crippen molar-refractivity contribution in [2.24, 2.45) is 0 Å². The van der Waals surface area contributed by atoms with Crippen LogP contribution in [0.15, 0.2) is 58.2 Å². The molecule has 2 aromatic carbocycles. The van der Waals surface area contributed by atoms with Gasteiger partial charge in [0.2, 0.25) is 15.6 Å². The average molecular weight is 454 g/mol. The number of amides is 1. The summed E-state index contributed by atoms with van der Waals surface area (Å²) >= 11 is 0. The summed E-state index contributed by atoms with van der Waals surface area (Å²) < 4.78 is 27.1. The molecule has 0 bridgehead atoms. The van der Waals surface area contributed by atoms with Crippen LogP contribution in [-0.4, -0.2) is 36.7 Å². The van der Waals surface area contributed by atoms with Gasteiger partial charge in [-0.15, -0.1) is 0 Å². The summed E-state index contributed by atoms with van der Waals surface area (Å²) in [6, 6.07) is 13.0. The maximum atomic E-state index is 12.8. The van der Waals surface area contributed by atoms with Crippen molar-refractivity contribution < 1.29 is 13.2 Å². The van der Waals surface area contributed by atoms with Crippen LogP contribution in [0.4, 0.5) is 5.69 Å². The Hall–Kier alpha value is -2.97. The van der Waals surface area contributed by atoms with E-state index in [0.717, 1.165) is 43.1 Å². The number of hydrogen-bond acceptors (Lipinski definition) is 4. The zero-order valence-electron chi connectivity index (χ0n) is 18.1. The summed E-state index contributed by atoms with van der Waals surface area (Å²) in [5.41, 5.74) is 2.39. The third kappa shape index (κ3) is 4.61. The number of carbonyl (C=O) groups excluding carboxylic acids is 1. The van der Waals surface area contributed by atoms with E-state index in [9.17, 15) is 18.0 Å². The second-order valence-electron chi connectivity index (χ2n) is 8.11. The van der Waals surface area contributed by atoms with Gasteiger partial charge in [0.15, 0.2) is 0 Å². The monoisotopic (exact) mass is 453 g/mol. The predicted molar refractivity (Wildman–Crippen MR) is 126 cm³/mol. The number of anilines is 1. The lowest BCUT2D eigenvalue weighted by Crippen LogP contribution is -2.35. The molecule has 1 aromatic heterocycles. The number of nitrogens with zero attached hydrogens (tertiary/aromatic N) is 1. The first-order chi connectivity index (χ1) is 15.4. The lowest BCUT2D eigenvalue weighted by atomic mass is 10.0. The Morgan fingerprint density at radius 2 is 1.75 bits per heavy atom. The molecule has 3 aromatic rings. The third-order valence-electron chi connectivity index (χ3n) is 5.78. The Bertz CT molecular complexity index is 1290. The summed E-state index contributed by atoms with van der Waals surface area (Å²) in [5.74, 6) is -0.349. The van der Waals surface area contributed by atoms with Crippen molar-refractivity contribution in [1.82, 2.24) is 9.29 Å². The van der Waals surface area contributed by atoms with Gasteiger partial charge >= 0.3 is 0 Å². The summed E-state index contributed by atoms with van der Waals surface area (Å²) in [6.07, 6.45) is 4.53. The Kier molecular flexibility index (Phi) is 6.43. The van der Waals surface area contributed by atoms with E-state index in [4.69, 9.17) is 0 Å². The number of sulfonamides is 1. The van der Waals surface area contributed by atoms with Crippen LogP contribution in [0.25, 0.3) is 10.9 Å². The van der Waals surface area contributed by atoms with Gasteiger partial charge in [-0.2, -0.15) is 4.31 Å². The van der Waals surface area contributed by atoms with Gasteiger partial charge < -0.3 is 10.3 Å². The number of piperidine rings is 1. The fourth-order valence-corrected chi connectivity index (χ4v) is 5.64. The summed E-state index contributed by atoms with van der Waals surface area (Å²) in [4.78, 5) is 27.7. The minimum atomic E-state index is -3.53. The SMILES string of the molecule is CCCc1cc(=O)[nH]c2cc(NC(=O)c3ccc(S(=O)(=O)N4CCCCC4)cc3)ccc12. The molecule has 1 fully saturated rings. The molecule has 2 N–H and O–H groups in total. The lowest BCUT2D eigenvalue weighted by Gasteiger charge is -2.25. The van der Waals surface area contributed by atoms with Gasteiger partial charge in [0.25, 0.3) is 5.91 Å². The molecule has 168 valence electrons. The van der Waals surface area contributed by atoms with Gasteiger partial charge in [-0.05, 0) is 61.2 Å². The van der Waals surface area contributed by atoms with E-state index < -0.39 is 10.0 Å². The minimum absolute atomic E-state index is 0.171.